The summed E-state index contributed by atoms with van der Waals surface area (Å²) in [4.78, 5) is 4.63. The first-order chi connectivity index (χ1) is 9.08. The van der Waals surface area contributed by atoms with E-state index < -0.39 is 0 Å². The normalized spacial score (nSPS) is 11.1. The molecular weight excluding hydrogens is 326 g/mol. The zero-order valence-electron chi connectivity index (χ0n) is 10.2. The van der Waals surface area contributed by atoms with Gasteiger partial charge < -0.3 is 5.73 Å². The molecule has 0 aliphatic carbocycles. The second kappa shape index (κ2) is 4.54. The summed E-state index contributed by atoms with van der Waals surface area (Å²) in [5.41, 5.74) is 9.86. The molecule has 1 aromatic carbocycles. The first kappa shape index (κ1) is 12.5. The van der Waals surface area contributed by atoms with Crippen LogP contribution in [0.5, 0.6) is 0 Å². The van der Waals surface area contributed by atoms with Crippen molar-refractivity contribution in [3.8, 4) is 11.3 Å². The smallest absolute Gasteiger partial charge is 0.142 e. The number of imidazole rings is 1. The summed E-state index contributed by atoms with van der Waals surface area (Å²) in [5.74, 6) is 0.632. The third-order valence-electron chi connectivity index (χ3n) is 3.08. The number of nitrogens with two attached hydrogens (primary N) is 1. The summed E-state index contributed by atoms with van der Waals surface area (Å²) in [5, 5.41) is 0.669. The first-order valence-corrected chi connectivity index (χ1v) is 6.93. The van der Waals surface area contributed by atoms with Crippen LogP contribution in [0.3, 0.4) is 0 Å². The highest BCUT2D eigenvalue weighted by Crippen LogP contribution is 2.32. The summed E-state index contributed by atoms with van der Waals surface area (Å²) in [6.45, 7) is 2.02. The van der Waals surface area contributed by atoms with Crippen molar-refractivity contribution in [2.45, 2.75) is 6.92 Å². The summed E-state index contributed by atoms with van der Waals surface area (Å²) in [6.07, 6.45) is 1.92. The van der Waals surface area contributed by atoms with Crippen molar-refractivity contribution >= 4 is 39.0 Å². The Labute approximate surface area is 124 Å². The maximum Gasteiger partial charge on any atom is 0.142 e. The number of aromatic nitrogens is 2. The fourth-order valence-electron chi connectivity index (χ4n) is 2.08. The Morgan fingerprint density at radius 3 is 2.79 bits per heavy atom. The number of rotatable bonds is 1. The lowest BCUT2D eigenvalue weighted by molar-refractivity contribution is 1.17. The van der Waals surface area contributed by atoms with Crippen LogP contribution < -0.4 is 5.73 Å². The molecule has 0 aliphatic rings. The highest BCUT2D eigenvalue weighted by molar-refractivity contribution is 9.10. The fourth-order valence-corrected chi connectivity index (χ4v) is 2.57. The molecule has 0 amide bonds. The van der Waals surface area contributed by atoms with Gasteiger partial charge in [-0.25, -0.2) is 4.98 Å². The highest BCUT2D eigenvalue weighted by atomic mass is 79.9. The minimum Gasteiger partial charge on any atom is -0.383 e. The molecule has 2 aromatic heterocycles. The molecule has 96 valence electrons. The van der Waals surface area contributed by atoms with Gasteiger partial charge in [0.25, 0.3) is 0 Å². The van der Waals surface area contributed by atoms with Gasteiger partial charge in [-0.1, -0.05) is 23.7 Å². The van der Waals surface area contributed by atoms with Gasteiger partial charge in [0, 0.05) is 16.2 Å². The Kier molecular flexibility index (Phi) is 2.99. The second-order valence-electron chi connectivity index (χ2n) is 4.36. The third-order valence-corrected chi connectivity index (χ3v) is 4.29. The van der Waals surface area contributed by atoms with Crippen molar-refractivity contribution in [1.82, 2.24) is 9.38 Å². The van der Waals surface area contributed by atoms with Crippen molar-refractivity contribution in [2.24, 2.45) is 0 Å². The predicted molar refractivity (Wildman–Crippen MR) is 82.5 cm³/mol. The first-order valence-electron chi connectivity index (χ1n) is 5.76. The van der Waals surface area contributed by atoms with Crippen molar-refractivity contribution in [3.05, 3.63) is 51.6 Å². The average Bonchev–Trinajstić information content (AvgIpc) is 2.72. The van der Waals surface area contributed by atoms with Crippen molar-refractivity contribution in [1.29, 1.82) is 0 Å². The number of hydrogen-bond donors (Lipinski definition) is 1. The second-order valence-corrected chi connectivity index (χ2v) is 5.62. The van der Waals surface area contributed by atoms with E-state index in [0.717, 1.165) is 26.9 Å². The molecular formula is C14H11BrClN3. The lowest BCUT2D eigenvalue weighted by Crippen LogP contribution is -1.94. The summed E-state index contributed by atoms with van der Waals surface area (Å²) in [7, 11) is 0. The molecule has 3 aromatic rings. The zero-order chi connectivity index (χ0) is 13.6. The van der Waals surface area contributed by atoms with Crippen molar-refractivity contribution in [3.63, 3.8) is 0 Å². The Hall–Kier alpha value is -1.52. The molecule has 19 heavy (non-hydrogen) atoms. The van der Waals surface area contributed by atoms with Crippen LogP contribution in [0.15, 0.2) is 41.0 Å². The van der Waals surface area contributed by atoms with Crippen molar-refractivity contribution < 1.29 is 0 Å². The number of aryl methyl sites for hydroxylation is 1. The fraction of sp³-hybridized carbons (Fsp3) is 0.0714. The molecule has 0 saturated heterocycles. The number of fused-ring (bicyclic) bond motifs is 1. The molecule has 5 heteroatoms. The highest BCUT2D eigenvalue weighted by Gasteiger charge is 2.13. The average molecular weight is 337 g/mol. The van der Waals surface area contributed by atoms with Crippen LogP contribution in [-0.4, -0.2) is 9.38 Å². The lowest BCUT2D eigenvalue weighted by atomic mass is 10.1. The van der Waals surface area contributed by atoms with Crippen LogP contribution in [0.25, 0.3) is 16.9 Å². The van der Waals surface area contributed by atoms with Gasteiger partial charge in [-0.15, -0.1) is 0 Å². The molecule has 0 aliphatic heterocycles. The van der Waals surface area contributed by atoms with Gasteiger partial charge in [-0.05, 0) is 46.6 Å². The van der Waals surface area contributed by atoms with E-state index in [1.807, 2.05) is 47.9 Å². The molecule has 0 radical (unpaired) electrons. The monoisotopic (exact) mass is 335 g/mol. The van der Waals surface area contributed by atoms with Gasteiger partial charge in [0.2, 0.25) is 0 Å². The minimum absolute atomic E-state index is 0.632. The molecule has 0 spiro atoms. The van der Waals surface area contributed by atoms with Crippen LogP contribution in [0, 0.1) is 6.92 Å². The van der Waals surface area contributed by atoms with E-state index >= 15 is 0 Å². The molecule has 0 fully saturated rings. The van der Waals surface area contributed by atoms with E-state index in [4.69, 9.17) is 17.3 Å². The number of nitrogen functional groups attached to an aromatic ring is 1. The number of benzene rings is 1. The predicted octanol–water partition coefficient (Wildman–Crippen LogP) is 4.31. The summed E-state index contributed by atoms with van der Waals surface area (Å²) >= 11 is 9.43. The van der Waals surface area contributed by atoms with Gasteiger partial charge in [-0.2, -0.15) is 0 Å². The molecule has 3 nitrogen and oxygen atoms in total. The number of anilines is 1. The van der Waals surface area contributed by atoms with E-state index in [9.17, 15) is 0 Å². The zero-order valence-corrected chi connectivity index (χ0v) is 12.5. The van der Waals surface area contributed by atoms with Crippen LogP contribution in [0.2, 0.25) is 5.02 Å². The Morgan fingerprint density at radius 1 is 1.32 bits per heavy atom. The maximum absolute atomic E-state index is 6.18. The van der Waals surface area contributed by atoms with Crippen LogP contribution in [-0.2, 0) is 0 Å². The Balaban J connectivity index is 2.28. The molecule has 2 N–H and O–H groups in total. The van der Waals surface area contributed by atoms with Gasteiger partial charge in [0.15, 0.2) is 0 Å². The Bertz CT molecular complexity index is 780. The third kappa shape index (κ3) is 2.01. The quantitative estimate of drug-likeness (QED) is 0.719. The number of nitrogens with zero attached hydrogens (tertiary/aromatic N) is 2. The van der Waals surface area contributed by atoms with Gasteiger partial charge >= 0.3 is 0 Å². The summed E-state index contributed by atoms with van der Waals surface area (Å²) < 4.78 is 2.73. The topological polar surface area (TPSA) is 43.3 Å². The number of pyridine rings is 1. The van der Waals surface area contributed by atoms with Gasteiger partial charge in [0.05, 0.1) is 5.02 Å². The summed E-state index contributed by atoms with van der Waals surface area (Å²) in [6, 6.07) is 9.65. The molecule has 2 heterocycles. The Morgan fingerprint density at radius 2 is 2.11 bits per heavy atom. The minimum atomic E-state index is 0.632. The van der Waals surface area contributed by atoms with Gasteiger partial charge in [-0.3, -0.25) is 4.40 Å². The van der Waals surface area contributed by atoms with Crippen LogP contribution >= 0.6 is 27.5 Å². The largest absolute Gasteiger partial charge is 0.383 e. The lowest BCUT2D eigenvalue weighted by Gasteiger charge is -2.01. The van der Waals surface area contributed by atoms with Crippen molar-refractivity contribution in [2.75, 3.05) is 5.73 Å². The molecule has 0 unspecified atom stereocenters. The van der Waals surface area contributed by atoms with E-state index in [-0.39, 0.29) is 0 Å². The van der Waals surface area contributed by atoms with E-state index in [0.29, 0.717) is 10.8 Å². The van der Waals surface area contributed by atoms with Crippen LogP contribution in [0.4, 0.5) is 5.82 Å². The number of halogens is 2. The number of hydrogen-bond acceptors (Lipinski definition) is 2. The van der Waals surface area contributed by atoms with Gasteiger partial charge in [0.1, 0.15) is 17.2 Å². The van der Waals surface area contributed by atoms with Crippen LogP contribution in [0.1, 0.15) is 5.56 Å². The molecule has 0 atom stereocenters. The SMILES string of the molecule is Cc1cccn2c(N)c(-c3ccc(Cl)c(Br)c3)nc12. The van der Waals surface area contributed by atoms with E-state index in [1.165, 1.54) is 0 Å². The van der Waals surface area contributed by atoms with E-state index in [1.54, 1.807) is 0 Å². The molecule has 0 bridgehead atoms. The van der Waals surface area contributed by atoms with E-state index in [2.05, 4.69) is 20.9 Å². The standard InChI is InChI=1S/C14H11BrClN3/c1-8-3-2-6-19-13(17)12(18-14(8)19)9-4-5-11(16)10(15)7-9/h2-7H,17H2,1H3. The molecule has 3 rings (SSSR count). The molecule has 0 saturated carbocycles. The maximum atomic E-state index is 6.18.